The number of aliphatic imine (C=N–C) groups is 1. The Morgan fingerprint density at radius 2 is 1.19 bits per heavy atom. The summed E-state index contributed by atoms with van der Waals surface area (Å²) in [5.74, 6) is 1.09. The molecule has 0 aliphatic carbocycles. The molecular weight excluding hydrogens is 316 g/mol. The lowest BCUT2D eigenvalue weighted by atomic mass is 9.93. The van der Waals surface area contributed by atoms with E-state index in [-0.39, 0.29) is 12.1 Å². The van der Waals surface area contributed by atoms with Crippen LogP contribution >= 0.6 is 0 Å². The molecule has 0 bridgehead atoms. The van der Waals surface area contributed by atoms with Crippen molar-refractivity contribution < 1.29 is 0 Å². The SMILES string of the molecule is CC(C)N1C(c2ccccc2)=N[C@@H](c2ccccc2)[C@@H]1c1ccccc1. The fraction of sp³-hybridized carbons (Fsp3) is 0.208. The van der Waals surface area contributed by atoms with Gasteiger partial charge in [0, 0.05) is 11.6 Å². The van der Waals surface area contributed by atoms with Crippen molar-refractivity contribution in [2.24, 2.45) is 4.99 Å². The minimum absolute atomic E-state index is 0.0937. The Kier molecular flexibility index (Phi) is 4.57. The zero-order chi connectivity index (χ0) is 17.9. The van der Waals surface area contributed by atoms with Gasteiger partial charge in [-0.3, -0.25) is 4.99 Å². The van der Waals surface area contributed by atoms with Gasteiger partial charge in [-0.05, 0) is 25.0 Å². The Hall–Kier alpha value is -2.87. The van der Waals surface area contributed by atoms with E-state index in [1.165, 1.54) is 16.7 Å². The lowest BCUT2D eigenvalue weighted by molar-refractivity contribution is 0.262. The Morgan fingerprint density at radius 3 is 1.73 bits per heavy atom. The first kappa shape index (κ1) is 16.6. The van der Waals surface area contributed by atoms with Crippen LogP contribution in [0.2, 0.25) is 0 Å². The molecule has 130 valence electrons. The maximum atomic E-state index is 5.23. The van der Waals surface area contributed by atoms with Crippen molar-refractivity contribution in [3.8, 4) is 0 Å². The summed E-state index contributed by atoms with van der Waals surface area (Å²) in [7, 11) is 0. The topological polar surface area (TPSA) is 15.6 Å². The molecule has 1 heterocycles. The molecule has 0 amide bonds. The molecule has 4 rings (SSSR count). The summed E-state index contributed by atoms with van der Waals surface area (Å²) >= 11 is 0. The van der Waals surface area contributed by atoms with Crippen molar-refractivity contribution >= 4 is 5.84 Å². The van der Waals surface area contributed by atoms with E-state index in [4.69, 9.17) is 4.99 Å². The molecule has 0 fully saturated rings. The van der Waals surface area contributed by atoms with E-state index in [1.54, 1.807) is 0 Å². The molecule has 0 N–H and O–H groups in total. The minimum atomic E-state index is 0.0937. The van der Waals surface area contributed by atoms with Gasteiger partial charge >= 0.3 is 0 Å². The molecule has 3 aromatic carbocycles. The molecule has 0 aromatic heterocycles. The fourth-order valence-electron chi connectivity index (χ4n) is 3.83. The number of benzene rings is 3. The van der Waals surface area contributed by atoms with Crippen LogP contribution in [0.1, 0.15) is 42.6 Å². The predicted molar refractivity (Wildman–Crippen MR) is 108 cm³/mol. The van der Waals surface area contributed by atoms with Crippen molar-refractivity contribution in [3.05, 3.63) is 108 Å². The predicted octanol–water partition coefficient (Wildman–Crippen LogP) is 5.64. The van der Waals surface area contributed by atoms with E-state index in [0.717, 1.165) is 5.84 Å². The van der Waals surface area contributed by atoms with Crippen LogP contribution in [-0.4, -0.2) is 16.8 Å². The molecule has 2 nitrogen and oxygen atoms in total. The quantitative estimate of drug-likeness (QED) is 0.600. The third kappa shape index (κ3) is 3.03. The van der Waals surface area contributed by atoms with Crippen molar-refractivity contribution in [1.29, 1.82) is 0 Å². The maximum absolute atomic E-state index is 5.23. The van der Waals surface area contributed by atoms with Gasteiger partial charge in [0.2, 0.25) is 0 Å². The highest BCUT2D eigenvalue weighted by Gasteiger charge is 2.39. The molecule has 2 atom stereocenters. The number of hydrogen-bond donors (Lipinski definition) is 0. The summed E-state index contributed by atoms with van der Waals surface area (Å²) in [4.78, 5) is 7.71. The molecule has 3 aromatic rings. The molecule has 1 aliphatic rings. The van der Waals surface area contributed by atoms with Crippen LogP contribution in [0.25, 0.3) is 0 Å². The summed E-state index contributed by atoms with van der Waals surface area (Å²) in [6.45, 7) is 4.50. The van der Waals surface area contributed by atoms with Gasteiger partial charge < -0.3 is 4.90 Å². The lowest BCUT2D eigenvalue weighted by Gasteiger charge is -2.34. The smallest absolute Gasteiger partial charge is 0.132 e. The Bertz CT molecular complexity index is 870. The molecule has 26 heavy (non-hydrogen) atoms. The largest absolute Gasteiger partial charge is 0.344 e. The fourth-order valence-corrected chi connectivity index (χ4v) is 3.83. The Morgan fingerprint density at radius 1 is 0.692 bits per heavy atom. The molecule has 0 radical (unpaired) electrons. The highest BCUT2D eigenvalue weighted by Crippen LogP contribution is 2.44. The second kappa shape index (κ2) is 7.17. The van der Waals surface area contributed by atoms with Crippen LogP contribution in [0.4, 0.5) is 0 Å². The Balaban J connectivity index is 1.87. The van der Waals surface area contributed by atoms with Gasteiger partial charge in [0.25, 0.3) is 0 Å². The monoisotopic (exact) mass is 340 g/mol. The second-order valence-corrected chi connectivity index (χ2v) is 7.03. The van der Waals surface area contributed by atoms with Gasteiger partial charge in [-0.25, -0.2) is 0 Å². The Labute approximate surface area is 155 Å². The second-order valence-electron chi connectivity index (χ2n) is 7.03. The van der Waals surface area contributed by atoms with Crippen molar-refractivity contribution in [2.75, 3.05) is 0 Å². The van der Waals surface area contributed by atoms with E-state index in [9.17, 15) is 0 Å². The van der Waals surface area contributed by atoms with Crippen LogP contribution in [0, 0.1) is 0 Å². The summed E-state index contributed by atoms with van der Waals surface area (Å²) in [5, 5.41) is 0. The van der Waals surface area contributed by atoms with E-state index < -0.39 is 0 Å². The number of amidine groups is 1. The van der Waals surface area contributed by atoms with Crippen molar-refractivity contribution in [3.63, 3.8) is 0 Å². The molecule has 0 spiro atoms. The number of rotatable bonds is 4. The lowest BCUT2D eigenvalue weighted by Crippen LogP contribution is -2.37. The minimum Gasteiger partial charge on any atom is -0.344 e. The van der Waals surface area contributed by atoms with Gasteiger partial charge in [-0.15, -0.1) is 0 Å². The summed E-state index contributed by atoms with van der Waals surface area (Å²) in [6, 6.07) is 32.6. The van der Waals surface area contributed by atoms with Crippen LogP contribution in [0.3, 0.4) is 0 Å². The summed E-state index contributed by atoms with van der Waals surface area (Å²) in [6.07, 6.45) is 0. The van der Waals surface area contributed by atoms with E-state index >= 15 is 0 Å². The molecule has 1 aliphatic heterocycles. The summed E-state index contributed by atoms with van der Waals surface area (Å²) in [5.41, 5.74) is 3.75. The van der Waals surface area contributed by atoms with Gasteiger partial charge in [0.15, 0.2) is 0 Å². The first-order chi connectivity index (χ1) is 12.8. The average molecular weight is 340 g/mol. The van der Waals surface area contributed by atoms with Gasteiger partial charge in [-0.1, -0.05) is 91.0 Å². The number of hydrogen-bond acceptors (Lipinski definition) is 2. The first-order valence-electron chi connectivity index (χ1n) is 9.27. The van der Waals surface area contributed by atoms with Crippen LogP contribution in [0.5, 0.6) is 0 Å². The standard InChI is InChI=1S/C24H24N2/c1-18(2)26-23(20-14-8-4-9-15-20)22(19-12-6-3-7-13-19)25-24(26)21-16-10-5-11-17-21/h3-18,22-23H,1-2H3/t22-,23-/m0/s1. The highest BCUT2D eigenvalue weighted by molar-refractivity contribution is 6.00. The molecular formula is C24H24N2. The van der Waals surface area contributed by atoms with Gasteiger partial charge in [0.1, 0.15) is 11.9 Å². The maximum Gasteiger partial charge on any atom is 0.132 e. The highest BCUT2D eigenvalue weighted by atomic mass is 15.3. The first-order valence-corrected chi connectivity index (χ1v) is 9.27. The summed E-state index contributed by atoms with van der Waals surface area (Å²) < 4.78 is 0. The van der Waals surface area contributed by atoms with Crippen LogP contribution < -0.4 is 0 Å². The van der Waals surface area contributed by atoms with Gasteiger partial charge in [-0.2, -0.15) is 0 Å². The molecule has 0 saturated heterocycles. The molecule has 0 unspecified atom stereocenters. The normalized spacial score (nSPS) is 19.7. The average Bonchev–Trinajstić information content (AvgIpc) is 3.11. The van der Waals surface area contributed by atoms with Crippen molar-refractivity contribution in [1.82, 2.24) is 4.90 Å². The zero-order valence-corrected chi connectivity index (χ0v) is 15.3. The van der Waals surface area contributed by atoms with Crippen LogP contribution in [0.15, 0.2) is 96.0 Å². The van der Waals surface area contributed by atoms with Gasteiger partial charge in [0.05, 0.1) is 6.04 Å². The van der Waals surface area contributed by atoms with Crippen LogP contribution in [-0.2, 0) is 0 Å². The third-order valence-electron chi connectivity index (χ3n) is 4.98. The molecule has 0 saturated carbocycles. The number of nitrogens with zero attached hydrogens (tertiary/aromatic N) is 2. The van der Waals surface area contributed by atoms with E-state index in [1.807, 2.05) is 0 Å². The van der Waals surface area contributed by atoms with E-state index in [2.05, 4.69) is 110 Å². The zero-order valence-electron chi connectivity index (χ0n) is 15.3. The third-order valence-corrected chi connectivity index (χ3v) is 4.98. The van der Waals surface area contributed by atoms with E-state index in [0.29, 0.717) is 6.04 Å². The van der Waals surface area contributed by atoms with Crippen molar-refractivity contribution in [2.45, 2.75) is 32.0 Å². The molecule has 2 heteroatoms.